The number of hydrogen-bond acceptors (Lipinski definition) is 3. The van der Waals surface area contributed by atoms with Gasteiger partial charge in [0.2, 0.25) is 5.91 Å². The van der Waals surface area contributed by atoms with Crippen LogP contribution >= 0.6 is 0 Å². The summed E-state index contributed by atoms with van der Waals surface area (Å²) < 4.78 is 0. The molecule has 0 saturated heterocycles. The van der Waals surface area contributed by atoms with Crippen molar-refractivity contribution < 1.29 is 14.7 Å². The molecule has 5 nitrogen and oxygen atoms in total. The summed E-state index contributed by atoms with van der Waals surface area (Å²) in [5.41, 5.74) is 7.15. The van der Waals surface area contributed by atoms with Crippen LogP contribution in [0.3, 0.4) is 0 Å². The third-order valence-corrected chi connectivity index (χ3v) is 2.70. The summed E-state index contributed by atoms with van der Waals surface area (Å²) in [5.74, 6) is -1.14. The predicted molar refractivity (Wildman–Crippen MR) is 79.2 cm³/mol. The first-order chi connectivity index (χ1) is 9.51. The Labute approximate surface area is 118 Å². The van der Waals surface area contributed by atoms with Gasteiger partial charge in [0.05, 0.1) is 0 Å². The van der Waals surface area contributed by atoms with E-state index in [4.69, 9.17) is 10.8 Å². The predicted octanol–water partition coefficient (Wildman–Crippen LogP) is 2.24. The SMILES string of the molecule is CCCC(N)CC(=O)Nc1cccc(/C=C/C(=O)O)c1. The summed E-state index contributed by atoms with van der Waals surface area (Å²) in [6.07, 6.45) is 4.57. The van der Waals surface area contributed by atoms with Crippen molar-refractivity contribution in [3.63, 3.8) is 0 Å². The van der Waals surface area contributed by atoms with Crippen LogP contribution in [0, 0.1) is 0 Å². The number of benzene rings is 1. The number of aliphatic carboxylic acids is 1. The van der Waals surface area contributed by atoms with Crippen molar-refractivity contribution >= 4 is 23.6 Å². The quantitative estimate of drug-likeness (QED) is 0.666. The van der Waals surface area contributed by atoms with Crippen molar-refractivity contribution in [1.82, 2.24) is 0 Å². The van der Waals surface area contributed by atoms with Crippen LogP contribution in [-0.2, 0) is 9.59 Å². The molecular weight excluding hydrogens is 256 g/mol. The van der Waals surface area contributed by atoms with Crippen LogP contribution in [0.25, 0.3) is 6.08 Å². The van der Waals surface area contributed by atoms with Crippen LogP contribution in [-0.4, -0.2) is 23.0 Å². The largest absolute Gasteiger partial charge is 0.478 e. The van der Waals surface area contributed by atoms with E-state index >= 15 is 0 Å². The normalized spacial score (nSPS) is 12.3. The van der Waals surface area contributed by atoms with Crippen LogP contribution in [0.4, 0.5) is 5.69 Å². The first-order valence-electron chi connectivity index (χ1n) is 6.57. The van der Waals surface area contributed by atoms with Gasteiger partial charge in [-0.3, -0.25) is 4.79 Å². The molecule has 0 fully saturated rings. The Morgan fingerprint density at radius 1 is 1.45 bits per heavy atom. The van der Waals surface area contributed by atoms with Crippen molar-refractivity contribution in [2.75, 3.05) is 5.32 Å². The number of amides is 1. The molecule has 0 aromatic heterocycles. The number of nitrogens with two attached hydrogens (primary N) is 1. The Hall–Kier alpha value is -2.14. The van der Waals surface area contributed by atoms with Gasteiger partial charge in [-0.25, -0.2) is 4.79 Å². The first kappa shape index (κ1) is 15.9. The van der Waals surface area contributed by atoms with Crippen molar-refractivity contribution in [1.29, 1.82) is 0 Å². The zero-order chi connectivity index (χ0) is 15.0. The molecule has 1 aromatic carbocycles. The van der Waals surface area contributed by atoms with Crippen molar-refractivity contribution in [2.45, 2.75) is 32.2 Å². The lowest BCUT2D eigenvalue weighted by atomic mass is 10.1. The molecule has 5 heteroatoms. The highest BCUT2D eigenvalue weighted by atomic mass is 16.4. The Bertz CT molecular complexity index is 498. The average molecular weight is 276 g/mol. The molecule has 0 heterocycles. The van der Waals surface area contributed by atoms with Gasteiger partial charge in [-0.1, -0.05) is 25.5 Å². The molecule has 0 bridgehead atoms. The number of nitrogens with one attached hydrogen (secondary N) is 1. The van der Waals surface area contributed by atoms with Crippen LogP contribution in [0.5, 0.6) is 0 Å². The van der Waals surface area contributed by atoms with Crippen LogP contribution < -0.4 is 11.1 Å². The maximum Gasteiger partial charge on any atom is 0.328 e. The van der Waals surface area contributed by atoms with Gasteiger partial charge < -0.3 is 16.2 Å². The molecular formula is C15H20N2O3. The van der Waals surface area contributed by atoms with Gasteiger partial charge in [0.15, 0.2) is 0 Å². The van der Waals surface area contributed by atoms with Crippen molar-refractivity contribution in [3.05, 3.63) is 35.9 Å². The summed E-state index contributed by atoms with van der Waals surface area (Å²) in [7, 11) is 0. The monoisotopic (exact) mass is 276 g/mol. The summed E-state index contributed by atoms with van der Waals surface area (Å²) in [5, 5.41) is 11.3. The van der Waals surface area contributed by atoms with Gasteiger partial charge in [-0.05, 0) is 30.2 Å². The Morgan fingerprint density at radius 3 is 2.85 bits per heavy atom. The number of hydrogen-bond donors (Lipinski definition) is 3. The van der Waals surface area contributed by atoms with E-state index in [-0.39, 0.29) is 18.4 Å². The van der Waals surface area contributed by atoms with Crippen LogP contribution in [0.1, 0.15) is 31.7 Å². The Balaban J connectivity index is 2.61. The molecule has 108 valence electrons. The maximum atomic E-state index is 11.8. The molecule has 0 spiro atoms. The first-order valence-corrected chi connectivity index (χ1v) is 6.57. The molecule has 0 radical (unpaired) electrons. The molecule has 20 heavy (non-hydrogen) atoms. The molecule has 0 aliphatic carbocycles. The van der Waals surface area contributed by atoms with Crippen molar-refractivity contribution in [3.8, 4) is 0 Å². The number of anilines is 1. The molecule has 1 aromatic rings. The minimum Gasteiger partial charge on any atom is -0.478 e. The van der Waals surface area contributed by atoms with Crippen LogP contribution in [0.15, 0.2) is 30.3 Å². The van der Waals surface area contributed by atoms with E-state index in [9.17, 15) is 9.59 Å². The second-order valence-corrected chi connectivity index (χ2v) is 4.60. The Kier molecular flexibility index (Phi) is 6.46. The lowest BCUT2D eigenvalue weighted by Gasteiger charge is -2.10. The van der Waals surface area contributed by atoms with E-state index in [0.29, 0.717) is 11.3 Å². The summed E-state index contributed by atoms with van der Waals surface area (Å²) in [4.78, 5) is 22.2. The maximum absolute atomic E-state index is 11.8. The highest BCUT2D eigenvalue weighted by Crippen LogP contribution is 2.13. The molecule has 0 aliphatic rings. The fraction of sp³-hybridized carbons (Fsp3) is 0.333. The highest BCUT2D eigenvalue weighted by molar-refractivity contribution is 5.91. The fourth-order valence-electron chi connectivity index (χ4n) is 1.81. The van der Waals surface area contributed by atoms with Gasteiger partial charge in [-0.2, -0.15) is 0 Å². The number of carboxylic acids is 1. The molecule has 0 saturated carbocycles. The highest BCUT2D eigenvalue weighted by Gasteiger charge is 2.08. The Morgan fingerprint density at radius 2 is 2.20 bits per heavy atom. The number of carbonyl (C=O) groups excluding carboxylic acids is 1. The zero-order valence-electron chi connectivity index (χ0n) is 11.5. The number of carboxylic acid groups (broad SMARTS) is 1. The van der Waals surface area contributed by atoms with E-state index in [1.54, 1.807) is 24.3 Å². The number of rotatable bonds is 7. The molecule has 1 rings (SSSR count). The van der Waals surface area contributed by atoms with Gasteiger partial charge >= 0.3 is 5.97 Å². The third kappa shape index (κ3) is 6.15. The zero-order valence-corrected chi connectivity index (χ0v) is 11.5. The van der Waals surface area contributed by atoms with Gasteiger partial charge in [0.1, 0.15) is 0 Å². The topological polar surface area (TPSA) is 92.4 Å². The summed E-state index contributed by atoms with van der Waals surface area (Å²) in [6, 6.07) is 6.85. The lowest BCUT2D eigenvalue weighted by Crippen LogP contribution is -2.26. The van der Waals surface area contributed by atoms with Gasteiger partial charge in [0.25, 0.3) is 0 Å². The second-order valence-electron chi connectivity index (χ2n) is 4.60. The molecule has 1 amide bonds. The smallest absolute Gasteiger partial charge is 0.328 e. The standard InChI is InChI=1S/C15H20N2O3/c1-2-4-12(16)10-14(18)17-13-6-3-5-11(9-13)7-8-15(19)20/h3,5-9,12H,2,4,10,16H2,1H3,(H,17,18)(H,19,20)/b8-7+. The minimum atomic E-state index is -1.01. The molecule has 4 N–H and O–H groups in total. The van der Waals surface area contributed by atoms with E-state index < -0.39 is 5.97 Å². The molecule has 0 aliphatic heterocycles. The van der Waals surface area contributed by atoms with E-state index in [2.05, 4.69) is 5.32 Å². The fourth-order valence-corrected chi connectivity index (χ4v) is 1.81. The van der Waals surface area contributed by atoms with Crippen molar-refractivity contribution in [2.24, 2.45) is 5.73 Å². The van der Waals surface area contributed by atoms with E-state index in [1.165, 1.54) is 6.08 Å². The summed E-state index contributed by atoms with van der Waals surface area (Å²) in [6.45, 7) is 2.02. The molecule has 1 atom stereocenters. The second kappa shape index (κ2) is 8.12. The third-order valence-electron chi connectivity index (χ3n) is 2.70. The molecule has 1 unspecified atom stereocenters. The van der Waals surface area contributed by atoms with Gasteiger partial charge in [0, 0.05) is 24.2 Å². The number of carbonyl (C=O) groups is 2. The summed E-state index contributed by atoms with van der Waals surface area (Å²) >= 11 is 0. The van der Waals surface area contributed by atoms with E-state index in [0.717, 1.165) is 18.9 Å². The minimum absolute atomic E-state index is 0.130. The van der Waals surface area contributed by atoms with E-state index in [1.807, 2.05) is 6.92 Å². The average Bonchev–Trinajstić information content (AvgIpc) is 2.36. The van der Waals surface area contributed by atoms with Crippen LogP contribution in [0.2, 0.25) is 0 Å². The lowest BCUT2D eigenvalue weighted by molar-refractivity contribution is -0.131. The van der Waals surface area contributed by atoms with Gasteiger partial charge in [-0.15, -0.1) is 0 Å².